The van der Waals surface area contributed by atoms with Gasteiger partial charge in [0, 0.05) is 32.4 Å². The molecule has 0 fully saturated rings. The first-order chi connectivity index (χ1) is 15.9. The average Bonchev–Trinajstić information content (AvgIpc) is 3.16. The fraction of sp³-hybridized carbons (Fsp3) is 0.200. The molecule has 0 unspecified atom stereocenters. The monoisotopic (exact) mass is 445 g/mol. The molecule has 0 aliphatic heterocycles. The number of nitrogens with one attached hydrogen (secondary N) is 1. The van der Waals surface area contributed by atoms with Gasteiger partial charge in [-0.3, -0.25) is 14.6 Å². The summed E-state index contributed by atoms with van der Waals surface area (Å²) in [5.74, 6) is -0.497. The number of imidazole rings is 1. The summed E-state index contributed by atoms with van der Waals surface area (Å²) in [5, 5.41) is 2.73. The fourth-order valence-electron chi connectivity index (χ4n) is 3.87. The minimum absolute atomic E-state index is 0.257. The number of amides is 2. The molecule has 0 spiro atoms. The molecule has 33 heavy (non-hydrogen) atoms. The average molecular weight is 445 g/mol. The zero-order valence-electron chi connectivity index (χ0n) is 18.7. The molecule has 0 aliphatic carbocycles. The van der Waals surface area contributed by atoms with Gasteiger partial charge >= 0.3 is 0 Å². The van der Waals surface area contributed by atoms with Gasteiger partial charge in [0.15, 0.2) is 0 Å². The zero-order valence-corrected chi connectivity index (χ0v) is 18.7. The van der Waals surface area contributed by atoms with Crippen LogP contribution >= 0.6 is 0 Å². The summed E-state index contributed by atoms with van der Waals surface area (Å²) >= 11 is 0. The normalized spacial score (nSPS) is 10.9. The Balaban J connectivity index is 1.88. The summed E-state index contributed by atoms with van der Waals surface area (Å²) in [6.07, 6.45) is 1.68. The Bertz CT molecular complexity index is 1330. The van der Waals surface area contributed by atoms with Crippen LogP contribution in [0.1, 0.15) is 29.9 Å². The highest BCUT2D eigenvalue weighted by Crippen LogP contribution is 2.31. The first-order valence-electron chi connectivity index (χ1n) is 10.6. The lowest BCUT2D eigenvalue weighted by Crippen LogP contribution is -2.27. The molecule has 1 N–H and O–H groups in total. The quantitative estimate of drug-likeness (QED) is 0.474. The van der Waals surface area contributed by atoms with Crippen LogP contribution in [0.2, 0.25) is 0 Å². The van der Waals surface area contributed by atoms with Crippen LogP contribution in [-0.4, -0.2) is 38.3 Å². The van der Waals surface area contributed by atoms with Crippen LogP contribution in [0.4, 0.5) is 10.1 Å². The van der Waals surface area contributed by atoms with Crippen molar-refractivity contribution >= 4 is 28.5 Å². The van der Waals surface area contributed by atoms with Gasteiger partial charge in [-0.05, 0) is 43.3 Å². The minimum Gasteiger partial charge on any atom is -0.336 e. The van der Waals surface area contributed by atoms with E-state index >= 15 is 0 Å². The maximum Gasteiger partial charge on any atom is 0.256 e. The Morgan fingerprint density at radius 1 is 1.12 bits per heavy atom. The summed E-state index contributed by atoms with van der Waals surface area (Å²) in [6, 6.07) is 15.3. The number of anilines is 1. The highest BCUT2D eigenvalue weighted by atomic mass is 19.1. The van der Waals surface area contributed by atoms with Crippen LogP contribution < -0.4 is 5.32 Å². The van der Waals surface area contributed by atoms with Gasteiger partial charge < -0.3 is 14.8 Å². The van der Waals surface area contributed by atoms with Crippen LogP contribution in [0.15, 0.2) is 60.8 Å². The van der Waals surface area contributed by atoms with Crippen molar-refractivity contribution < 1.29 is 14.0 Å². The molecule has 4 aromatic rings. The number of halogens is 1. The van der Waals surface area contributed by atoms with Crippen molar-refractivity contribution in [3.05, 3.63) is 77.9 Å². The number of rotatable bonds is 6. The smallest absolute Gasteiger partial charge is 0.256 e. The number of carbonyl (C=O) groups excluding carboxylic acids is 2. The van der Waals surface area contributed by atoms with Crippen LogP contribution in [0.25, 0.3) is 22.4 Å². The van der Waals surface area contributed by atoms with Crippen molar-refractivity contribution in [2.75, 3.05) is 12.4 Å². The van der Waals surface area contributed by atoms with Crippen LogP contribution in [0, 0.1) is 5.82 Å². The van der Waals surface area contributed by atoms with Crippen molar-refractivity contribution in [2.24, 2.45) is 0 Å². The van der Waals surface area contributed by atoms with Crippen molar-refractivity contribution in [3.63, 3.8) is 0 Å². The Labute approximate surface area is 190 Å². The molecule has 8 heteroatoms. The molecule has 2 aromatic carbocycles. The molecule has 168 valence electrons. The van der Waals surface area contributed by atoms with Crippen molar-refractivity contribution in [2.45, 2.75) is 26.9 Å². The Kier molecular flexibility index (Phi) is 6.17. The molecule has 2 aromatic heterocycles. The van der Waals surface area contributed by atoms with Crippen molar-refractivity contribution in [3.8, 4) is 11.4 Å². The van der Waals surface area contributed by atoms with Gasteiger partial charge in [-0.2, -0.15) is 0 Å². The van der Waals surface area contributed by atoms with Gasteiger partial charge in [-0.25, -0.2) is 9.37 Å². The van der Waals surface area contributed by atoms with Gasteiger partial charge in [-0.15, -0.1) is 0 Å². The summed E-state index contributed by atoms with van der Waals surface area (Å²) in [6.45, 7) is 4.10. The third kappa shape index (κ3) is 4.45. The van der Waals surface area contributed by atoms with Gasteiger partial charge in [0.2, 0.25) is 5.91 Å². The molecule has 7 nitrogen and oxygen atoms in total. The lowest BCUT2D eigenvalue weighted by molar-refractivity contribution is -0.114. The van der Waals surface area contributed by atoms with E-state index < -0.39 is 5.82 Å². The van der Waals surface area contributed by atoms with E-state index in [2.05, 4.69) is 15.3 Å². The molecule has 4 rings (SSSR count). The highest BCUT2D eigenvalue weighted by Gasteiger charge is 2.23. The maximum absolute atomic E-state index is 14.6. The molecule has 0 aliphatic rings. The number of aromatic nitrogens is 3. The third-order valence-electron chi connectivity index (χ3n) is 5.30. The maximum atomic E-state index is 14.6. The lowest BCUT2D eigenvalue weighted by Gasteiger charge is -2.19. The van der Waals surface area contributed by atoms with E-state index in [1.807, 2.05) is 29.7 Å². The molecule has 0 saturated heterocycles. The second-order valence-corrected chi connectivity index (χ2v) is 7.71. The predicted octanol–water partition coefficient (Wildman–Crippen LogP) is 4.49. The standard InChI is InChI=1S/C25H24FN5O2/c1-4-31-23-20(25(33)30(3)15-17-9-7-8-12-27-17)13-18(28-16(2)32)14-22(23)29-24(31)19-10-5-6-11-21(19)26/h5-14H,4,15H2,1-3H3,(H,28,32). The Morgan fingerprint density at radius 3 is 2.55 bits per heavy atom. The fourth-order valence-corrected chi connectivity index (χ4v) is 3.87. The second kappa shape index (κ2) is 9.20. The molecule has 0 saturated carbocycles. The third-order valence-corrected chi connectivity index (χ3v) is 5.30. The summed E-state index contributed by atoms with van der Waals surface area (Å²) in [7, 11) is 1.69. The summed E-state index contributed by atoms with van der Waals surface area (Å²) < 4.78 is 16.4. The van der Waals surface area contributed by atoms with Crippen LogP contribution in [0.5, 0.6) is 0 Å². The molecule has 2 heterocycles. The molecule has 0 bridgehead atoms. The van der Waals surface area contributed by atoms with Crippen molar-refractivity contribution in [1.29, 1.82) is 0 Å². The predicted molar refractivity (Wildman–Crippen MR) is 125 cm³/mol. The highest BCUT2D eigenvalue weighted by molar-refractivity contribution is 6.08. The largest absolute Gasteiger partial charge is 0.336 e. The minimum atomic E-state index is -0.398. The van der Waals surface area contributed by atoms with Gasteiger partial charge in [0.25, 0.3) is 5.91 Å². The van der Waals surface area contributed by atoms with Gasteiger partial charge in [-0.1, -0.05) is 18.2 Å². The van der Waals surface area contributed by atoms with Gasteiger partial charge in [0.1, 0.15) is 11.6 Å². The number of nitrogens with zero attached hydrogens (tertiary/aromatic N) is 4. The number of benzene rings is 2. The molecule has 0 radical (unpaired) electrons. The number of aryl methyl sites for hydroxylation is 1. The second-order valence-electron chi connectivity index (χ2n) is 7.71. The number of pyridine rings is 1. The van der Waals surface area contributed by atoms with E-state index in [1.54, 1.807) is 48.5 Å². The molecule has 2 amide bonds. The van der Waals surface area contributed by atoms with Crippen LogP contribution in [-0.2, 0) is 17.9 Å². The Morgan fingerprint density at radius 2 is 1.88 bits per heavy atom. The summed E-state index contributed by atoms with van der Waals surface area (Å²) in [4.78, 5) is 35.8. The SMILES string of the molecule is CCn1c(-c2ccccc2F)nc2cc(NC(C)=O)cc(C(=O)N(C)Cc3ccccn3)c21. The van der Waals surface area contributed by atoms with E-state index in [9.17, 15) is 14.0 Å². The van der Waals surface area contributed by atoms with Crippen molar-refractivity contribution in [1.82, 2.24) is 19.4 Å². The number of fused-ring (bicyclic) bond motifs is 1. The summed E-state index contributed by atoms with van der Waals surface area (Å²) in [5.41, 5.74) is 2.99. The Hall–Kier alpha value is -4.07. The first kappa shape index (κ1) is 22.1. The molecular formula is C25H24FN5O2. The van der Waals surface area contributed by atoms with Gasteiger partial charge in [0.05, 0.1) is 34.4 Å². The topological polar surface area (TPSA) is 80.1 Å². The van der Waals surface area contributed by atoms with E-state index in [0.717, 1.165) is 5.69 Å². The first-order valence-corrected chi connectivity index (χ1v) is 10.6. The molecular weight excluding hydrogens is 421 g/mol. The van der Waals surface area contributed by atoms with E-state index in [4.69, 9.17) is 0 Å². The number of carbonyl (C=O) groups is 2. The van der Waals surface area contributed by atoms with E-state index in [-0.39, 0.29) is 11.8 Å². The molecule has 0 atom stereocenters. The lowest BCUT2D eigenvalue weighted by atomic mass is 10.1. The number of hydrogen-bond acceptors (Lipinski definition) is 4. The number of hydrogen-bond donors (Lipinski definition) is 1. The van der Waals surface area contributed by atoms with E-state index in [0.29, 0.717) is 46.8 Å². The zero-order chi connectivity index (χ0) is 23.5. The van der Waals surface area contributed by atoms with Crippen LogP contribution in [0.3, 0.4) is 0 Å². The van der Waals surface area contributed by atoms with E-state index in [1.165, 1.54) is 13.0 Å².